The molecule has 1 heterocycles. The van der Waals surface area contributed by atoms with Crippen LogP contribution in [0.4, 0.5) is 4.79 Å². The van der Waals surface area contributed by atoms with Gasteiger partial charge < -0.3 is 20.3 Å². The van der Waals surface area contributed by atoms with Gasteiger partial charge in [-0.3, -0.25) is 9.59 Å². The fourth-order valence-electron chi connectivity index (χ4n) is 3.11. The Bertz CT molecular complexity index is 725. The highest BCUT2D eigenvalue weighted by atomic mass is 35.5. The third kappa shape index (κ3) is 8.73. The van der Waals surface area contributed by atoms with Crippen LogP contribution in [0.5, 0.6) is 0 Å². The van der Waals surface area contributed by atoms with E-state index in [4.69, 9.17) is 16.3 Å². The van der Waals surface area contributed by atoms with Gasteiger partial charge in [0.25, 0.3) is 0 Å². The van der Waals surface area contributed by atoms with E-state index in [1.807, 2.05) is 12.1 Å². The molecule has 1 fully saturated rings. The van der Waals surface area contributed by atoms with Crippen molar-refractivity contribution < 1.29 is 19.1 Å². The molecule has 160 valence electrons. The number of benzene rings is 1. The van der Waals surface area contributed by atoms with Gasteiger partial charge in [-0.2, -0.15) is 0 Å². The Kier molecular flexibility index (Phi) is 8.32. The lowest BCUT2D eigenvalue weighted by Gasteiger charge is -2.32. The van der Waals surface area contributed by atoms with Crippen molar-refractivity contribution in [3.05, 3.63) is 34.9 Å². The molecule has 1 aromatic carbocycles. The Morgan fingerprint density at radius 1 is 1.17 bits per heavy atom. The summed E-state index contributed by atoms with van der Waals surface area (Å²) in [5.74, 6) is 0.174. The normalized spacial score (nSPS) is 15.0. The number of halogens is 1. The van der Waals surface area contributed by atoms with E-state index in [1.54, 1.807) is 37.8 Å². The van der Waals surface area contributed by atoms with Crippen molar-refractivity contribution in [2.45, 2.75) is 45.6 Å². The molecule has 2 rings (SSSR count). The standard InChI is InChI=1S/C21H30ClN3O4/c1-21(2,3)29-20(28)24-14-19(27)25-9-7-15(8-10-25)13-23-18(26)12-16-5-4-6-17(22)11-16/h4-6,11,15H,7-10,12-14H2,1-3H3,(H,23,26)(H,24,28). The first-order chi connectivity index (χ1) is 13.6. The van der Waals surface area contributed by atoms with E-state index in [9.17, 15) is 14.4 Å². The third-order valence-corrected chi connectivity index (χ3v) is 4.83. The van der Waals surface area contributed by atoms with Crippen molar-refractivity contribution in [1.82, 2.24) is 15.5 Å². The first-order valence-corrected chi connectivity index (χ1v) is 10.3. The fourth-order valence-corrected chi connectivity index (χ4v) is 3.33. The van der Waals surface area contributed by atoms with Crippen LogP contribution in [0.1, 0.15) is 39.2 Å². The maximum absolute atomic E-state index is 12.2. The van der Waals surface area contributed by atoms with Gasteiger partial charge >= 0.3 is 6.09 Å². The molecule has 0 spiro atoms. The van der Waals surface area contributed by atoms with Crippen LogP contribution in [0.3, 0.4) is 0 Å². The average Bonchev–Trinajstić information content (AvgIpc) is 2.63. The van der Waals surface area contributed by atoms with Gasteiger partial charge in [-0.15, -0.1) is 0 Å². The highest BCUT2D eigenvalue weighted by molar-refractivity contribution is 6.30. The van der Waals surface area contributed by atoms with Gasteiger partial charge in [0.15, 0.2) is 0 Å². The molecule has 0 saturated carbocycles. The summed E-state index contributed by atoms with van der Waals surface area (Å²) in [7, 11) is 0. The Labute approximate surface area is 177 Å². The molecular weight excluding hydrogens is 394 g/mol. The van der Waals surface area contributed by atoms with Crippen LogP contribution in [0.25, 0.3) is 0 Å². The number of carbonyl (C=O) groups excluding carboxylic acids is 3. The molecule has 0 bridgehead atoms. The molecule has 0 radical (unpaired) electrons. The second kappa shape index (κ2) is 10.5. The highest BCUT2D eigenvalue weighted by Crippen LogP contribution is 2.17. The van der Waals surface area contributed by atoms with Gasteiger partial charge in [0.05, 0.1) is 6.42 Å². The molecule has 29 heavy (non-hydrogen) atoms. The Morgan fingerprint density at radius 2 is 1.86 bits per heavy atom. The quantitative estimate of drug-likeness (QED) is 0.736. The van der Waals surface area contributed by atoms with Gasteiger partial charge in [0.2, 0.25) is 11.8 Å². The minimum absolute atomic E-state index is 0.0349. The average molecular weight is 424 g/mol. The van der Waals surface area contributed by atoms with Gasteiger partial charge in [0, 0.05) is 24.7 Å². The lowest BCUT2D eigenvalue weighted by Crippen LogP contribution is -2.46. The van der Waals surface area contributed by atoms with E-state index in [0.29, 0.717) is 37.0 Å². The van der Waals surface area contributed by atoms with Crippen LogP contribution >= 0.6 is 11.6 Å². The summed E-state index contributed by atoms with van der Waals surface area (Å²) in [6, 6.07) is 7.27. The predicted octanol–water partition coefficient (Wildman–Crippen LogP) is 2.76. The number of amides is 3. The molecule has 8 heteroatoms. The van der Waals surface area contributed by atoms with E-state index in [-0.39, 0.29) is 18.4 Å². The molecule has 7 nitrogen and oxygen atoms in total. The monoisotopic (exact) mass is 423 g/mol. The van der Waals surface area contributed by atoms with E-state index < -0.39 is 11.7 Å². The molecule has 1 aliphatic rings. The highest BCUT2D eigenvalue weighted by Gasteiger charge is 2.24. The number of rotatable bonds is 6. The number of hydrogen-bond acceptors (Lipinski definition) is 4. The molecule has 0 aromatic heterocycles. The largest absolute Gasteiger partial charge is 0.444 e. The lowest BCUT2D eigenvalue weighted by atomic mass is 9.96. The number of carbonyl (C=O) groups is 3. The molecule has 1 aromatic rings. The van der Waals surface area contributed by atoms with E-state index in [1.165, 1.54) is 0 Å². The third-order valence-electron chi connectivity index (χ3n) is 4.59. The van der Waals surface area contributed by atoms with Crippen molar-refractivity contribution >= 4 is 29.5 Å². The van der Waals surface area contributed by atoms with Crippen LogP contribution in [0.2, 0.25) is 5.02 Å². The first-order valence-electron chi connectivity index (χ1n) is 9.88. The summed E-state index contributed by atoms with van der Waals surface area (Å²) in [6.45, 7) is 7.06. The van der Waals surface area contributed by atoms with E-state index >= 15 is 0 Å². The number of ether oxygens (including phenoxy) is 1. The van der Waals surface area contributed by atoms with Crippen LogP contribution < -0.4 is 10.6 Å². The number of likely N-dealkylation sites (tertiary alicyclic amines) is 1. The number of alkyl carbamates (subject to hydrolysis) is 1. The topological polar surface area (TPSA) is 87.7 Å². The predicted molar refractivity (Wildman–Crippen MR) is 112 cm³/mol. The van der Waals surface area contributed by atoms with Crippen molar-refractivity contribution in [3.63, 3.8) is 0 Å². The van der Waals surface area contributed by atoms with Crippen molar-refractivity contribution in [2.75, 3.05) is 26.2 Å². The van der Waals surface area contributed by atoms with Crippen LogP contribution in [0.15, 0.2) is 24.3 Å². The van der Waals surface area contributed by atoms with Gasteiger partial charge in [-0.05, 0) is 57.2 Å². The van der Waals surface area contributed by atoms with E-state index in [0.717, 1.165) is 18.4 Å². The maximum Gasteiger partial charge on any atom is 0.408 e. The lowest BCUT2D eigenvalue weighted by molar-refractivity contribution is -0.131. The molecule has 0 aliphatic carbocycles. The minimum Gasteiger partial charge on any atom is -0.444 e. The van der Waals surface area contributed by atoms with E-state index in [2.05, 4.69) is 10.6 Å². The minimum atomic E-state index is -0.595. The molecule has 1 aliphatic heterocycles. The maximum atomic E-state index is 12.2. The summed E-state index contributed by atoms with van der Waals surface area (Å²) in [5, 5.41) is 6.08. The Hall–Kier alpha value is -2.28. The summed E-state index contributed by atoms with van der Waals surface area (Å²) < 4.78 is 5.13. The van der Waals surface area contributed by atoms with Gasteiger partial charge in [-0.25, -0.2) is 4.79 Å². The van der Waals surface area contributed by atoms with Crippen LogP contribution in [0, 0.1) is 5.92 Å². The Balaban J connectivity index is 1.65. The molecule has 0 atom stereocenters. The van der Waals surface area contributed by atoms with Crippen molar-refractivity contribution in [1.29, 1.82) is 0 Å². The molecule has 3 amide bonds. The molecule has 0 unspecified atom stereocenters. The zero-order valence-electron chi connectivity index (χ0n) is 17.3. The summed E-state index contributed by atoms with van der Waals surface area (Å²) in [4.78, 5) is 37.7. The molecule has 1 saturated heterocycles. The van der Waals surface area contributed by atoms with Crippen LogP contribution in [-0.2, 0) is 20.7 Å². The number of nitrogens with one attached hydrogen (secondary N) is 2. The molecule has 2 N–H and O–H groups in total. The number of piperidine rings is 1. The first kappa shape index (κ1) is 23.0. The Morgan fingerprint density at radius 3 is 2.48 bits per heavy atom. The smallest absolute Gasteiger partial charge is 0.408 e. The zero-order chi connectivity index (χ0) is 21.4. The summed E-state index contributed by atoms with van der Waals surface area (Å²) >= 11 is 5.94. The summed E-state index contributed by atoms with van der Waals surface area (Å²) in [6.07, 6.45) is 1.34. The second-order valence-electron chi connectivity index (χ2n) is 8.29. The number of hydrogen-bond donors (Lipinski definition) is 2. The number of nitrogens with zero attached hydrogens (tertiary/aromatic N) is 1. The second-order valence-corrected chi connectivity index (χ2v) is 8.73. The zero-order valence-corrected chi connectivity index (χ0v) is 18.1. The fraction of sp³-hybridized carbons (Fsp3) is 0.571. The summed E-state index contributed by atoms with van der Waals surface area (Å²) in [5.41, 5.74) is 0.288. The van der Waals surface area contributed by atoms with Gasteiger partial charge in [0.1, 0.15) is 12.1 Å². The van der Waals surface area contributed by atoms with Crippen molar-refractivity contribution in [3.8, 4) is 0 Å². The SMILES string of the molecule is CC(C)(C)OC(=O)NCC(=O)N1CCC(CNC(=O)Cc2cccc(Cl)c2)CC1. The van der Waals surface area contributed by atoms with Gasteiger partial charge in [-0.1, -0.05) is 23.7 Å². The van der Waals surface area contributed by atoms with Crippen LogP contribution in [-0.4, -0.2) is 54.6 Å². The molecular formula is C21H30ClN3O4. The van der Waals surface area contributed by atoms with Crippen molar-refractivity contribution in [2.24, 2.45) is 5.92 Å².